The fourth-order valence-corrected chi connectivity index (χ4v) is 4.06. The Labute approximate surface area is 172 Å². The number of nitriles is 1. The van der Waals surface area contributed by atoms with Crippen LogP contribution in [-0.4, -0.2) is 31.3 Å². The summed E-state index contributed by atoms with van der Waals surface area (Å²) in [5.74, 6) is -1.64. The molecule has 3 aromatic rings. The highest BCUT2D eigenvalue weighted by molar-refractivity contribution is 7.91. The topological polar surface area (TPSA) is 114 Å². The second-order valence-electron chi connectivity index (χ2n) is 6.36. The van der Waals surface area contributed by atoms with Crippen LogP contribution in [0.2, 0.25) is 0 Å². The van der Waals surface area contributed by atoms with Crippen molar-refractivity contribution in [2.24, 2.45) is 7.05 Å². The number of benzene rings is 2. The molecule has 0 amide bonds. The smallest absolute Gasteiger partial charge is 0.358 e. The molecule has 0 bridgehead atoms. The van der Waals surface area contributed by atoms with Crippen LogP contribution in [0.4, 0.5) is 10.1 Å². The number of ether oxygens (including phenoxy) is 1. The number of nitrogens with zero attached hydrogens (tertiary/aromatic N) is 3. The van der Waals surface area contributed by atoms with E-state index < -0.39 is 27.6 Å². The summed E-state index contributed by atoms with van der Waals surface area (Å²) in [6.45, 7) is 0. The van der Waals surface area contributed by atoms with E-state index in [4.69, 9.17) is 10.00 Å². The maximum atomic E-state index is 13.3. The second-order valence-corrected chi connectivity index (χ2v) is 8.09. The van der Waals surface area contributed by atoms with E-state index in [1.165, 1.54) is 67.4 Å². The van der Waals surface area contributed by atoms with Crippen LogP contribution < -0.4 is 4.72 Å². The molecule has 0 aliphatic rings. The lowest BCUT2D eigenvalue weighted by Crippen LogP contribution is -2.18. The SMILES string of the molecule is COC(=O)c1c(NS(=O)(=O)Cc2ccc(C#N)cc2)c(-c2ccc(F)cc2)nn1C. The van der Waals surface area contributed by atoms with Gasteiger partial charge in [-0.1, -0.05) is 12.1 Å². The molecule has 10 heteroatoms. The van der Waals surface area contributed by atoms with E-state index in [1.807, 2.05) is 6.07 Å². The van der Waals surface area contributed by atoms with E-state index in [1.54, 1.807) is 0 Å². The van der Waals surface area contributed by atoms with Crippen LogP contribution in [0.3, 0.4) is 0 Å². The van der Waals surface area contributed by atoms with E-state index in [2.05, 4.69) is 9.82 Å². The van der Waals surface area contributed by atoms with Gasteiger partial charge in [0.2, 0.25) is 10.0 Å². The first-order chi connectivity index (χ1) is 14.2. The predicted octanol–water partition coefficient (Wildman–Crippen LogP) is 2.83. The van der Waals surface area contributed by atoms with Crippen LogP contribution >= 0.6 is 0 Å². The van der Waals surface area contributed by atoms with Gasteiger partial charge in [-0.05, 0) is 42.0 Å². The van der Waals surface area contributed by atoms with Crippen molar-refractivity contribution in [3.05, 3.63) is 71.2 Å². The molecule has 0 atom stereocenters. The molecule has 154 valence electrons. The lowest BCUT2D eigenvalue weighted by atomic mass is 10.1. The first kappa shape index (κ1) is 21.0. The van der Waals surface area contributed by atoms with Gasteiger partial charge in [0, 0.05) is 12.6 Å². The molecule has 30 heavy (non-hydrogen) atoms. The molecule has 0 saturated heterocycles. The Morgan fingerprint density at radius 2 is 1.83 bits per heavy atom. The van der Waals surface area contributed by atoms with Crippen LogP contribution in [-0.2, 0) is 27.6 Å². The van der Waals surface area contributed by atoms with Gasteiger partial charge in [-0.2, -0.15) is 10.4 Å². The molecule has 0 fully saturated rings. The number of carbonyl (C=O) groups is 1. The minimum atomic E-state index is -3.96. The standard InChI is InChI=1S/C20H17FN4O4S/c1-25-19(20(26)29-2)18(17(23-25)15-7-9-16(21)10-8-15)24-30(27,28)12-14-5-3-13(11-22)4-6-14/h3-10,24H,12H2,1-2H3. The molecule has 1 N–H and O–H groups in total. The molecule has 0 unspecified atom stereocenters. The Hall–Kier alpha value is -3.71. The zero-order valence-electron chi connectivity index (χ0n) is 16.1. The third-order valence-corrected chi connectivity index (χ3v) is 5.47. The summed E-state index contributed by atoms with van der Waals surface area (Å²) in [7, 11) is -1.33. The number of hydrogen-bond acceptors (Lipinski definition) is 6. The molecule has 2 aromatic carbocycles. The number of aromatic nitrogens is 2. The van der Waals surface area contributed by atoms with Gasteiger partial charge >= 0.3 is 5.97 Å². The highest BCUT2D eigenvalue weighted by Crippen LogP contribution is 2.32. The lowest BCUT2D eigenvalue weighted by molar-refractivity contribution is 0.0589. The van der Waals surface area contributed by atoms with Gasteiger partial charge in [0.1, 0.15) is 17.2 Å². The van der Waals surface area contributed by atoms with Crippen molar-refractivity contribution in [2.45, 2.75) is 5.75 Å². The van der Waals surface area contributed by atoms with Gasteiger partial charge in [0.15, 0.2) is 5.69 Å². The average molecular weight is 428 g/mol. The highest BCUT2D eigenvalue weighted by atomic mass is 32.2. The molecule has 1 heterocycles. The minimum Gasteiger partial charge on any atom is -0.464 e. The van der Waals surface area contributed by atoms with Crippen LogP contribution in [0.15, 0.2) is 48.5 Å². The van der Waals surface area contributed by atoms with Gasteiger partial charge in [-0.15, -0.1) is 0 Å². The number of anilines is 1. The quantitative estimate of drug-likeness (QED) is 0.604. The Kier molecular flexibility index (Phi) is 5.84. The van der Waals surface area contributed by atoms with E-state index in [0.29, 0.717) is 16.7 Å². The number of esters is 1. The predicted molar refractivity (Wildman–Crippen MR) is 107 cm³/mol. The normalized spacial score (nSPS) is 11.0. The summed E-state index contributed by atoms with van der Waals surface area (Å²) >= 11 is 0. The molecule has 1 aromatic heterocycles. The van der Waals surface area contributed by atoms with E-state index in [0.717, 1.165) is 0 Å². The van der Waals surface area contributed by atoms with Crippen LogP contribution in [0.5, 0.6) is 0 Å². The first-order valence-corrected chi connectivity index (χ1v) is 10.3. The largest absolute Gasteiger partial charge is 0.464 e. The highest BCUT2D eigenvalue weighted by Gasteiger charge is 2.27. The molecule has 8 nitrogen and oxygen atoms in total. The number of aryl methyl sites for hydroxylation is 1. The summed E-state index contributed by atoms with van der Waals surface area (Å²) < 4.78 is 47.3. The first-order valence-electron chi connectivity index (χ1n) is 8.65. The monoisotopic (exact) mass is 428 g/mol. The van der Waals surface area contributed by atoms with E-state index in [9.17, 15) is 17.6 Å². The summed E-state index contributed by atoms with van der Waals surface area (Å²) in [6, 6.07) is 13.3. The van der Waals surface area contributed by atoms with Crippen molar-refractivity contribution in [3.8, 4) is 17.3 Å². The van der Waals surface area contributed by atoms with Crippen LogP contribution in [0.1, 0.15) is 21.6 Å². The maximum absolute atomic E-state index is 13.3. The molecule has 3 rings (SSSR count). The van der Waals surface area contributed by atoms with E-state index in [-0.39, 0.29) is 17.1 Å². The van der Waals surface area contributed by atoms with Gasteiger partial charge in [-0.25, -0.2) is 17.6 Å². The van der Waals surface area contributed by atoms with Crippen molar-refractivity contribution < 1.29 is 22.3 Å². The molecule has 0 radical (unpaired) electrons. The number of hydrogen-bond donors (Lipinski definition) is 1. The van der Waals surface area contributed by atoms with Gasteiger partial charge in [-0.3, -0.25) is 9.40 Å². The van der Waals surface area contributed by atoms with Gasteiger partial charge < -0.3 is 4.74 Å². The van der Waals surface area contributed by atoms with Crippen molar-refractivity contribution in [2.75, 3.05) is 11.8 Å². The molecule has 0 spiro atoms. The van der Waals surface area contributed by atoms with Crippen molar-refractivity contribution in [3.63, 3.8) is 0 Å². The Morgan fingerprint density at radius 3 is 2.40 bits per heavy atom. The van der Waals surface area contributed by atoms with E-state index >= 15 is 0 Å². The Balaban J connectivity index is 2.02. The average Bonchev–Trinajstić information content (AvgIpc) is 3.03. The number of nitrogens with one attached hydrogen (secondary N) is 1. The fraction of sp³-hybridized carbons (Fsp3) is 0.150. The minimum absolute atomic E-state index is 0.0652. The summed E-state index contributed by atoms with van der Waals surface area (Å²) in [5, 5.41) is 13.1. The lowest BCUT2D eigenvalue weighted by Gasteiger charge is -2.11. The molecule has 0 aliphatic heterocycles. The number of rotatable bonds is 6. The molecular weight excluding hydrogens is 411 g/mol. The third kappa shape index (κ3) is 4.47. The fourth-order valence-electron chi connectivity index (χ4n) is 2.85. The molecular formula is C20H17FN4O4S. The van der Waals surface area contributed by atoms with Crippen LogP contribution in [0.25, 0.3) is 11.3 Å². The van der Waals surface area contributed by atoms with Crippen molar-refractivity contribution >= 4 is 21.7 Å². The molecule has 0 saturated carbocycles. The van der Waals surface area contributed by atoms with Gasteiger partial charge in [0.25, 0.3) is 0 Å². The van der Waals surface area contributed by atoms with Crippen molar-refractivity contribution in [1.82, 2.24) is 9.78 Å². The number of halogens is 1. The molecule has 0 aliphatic carbocycles. The number of carbonyl (C=O) groups excluding carboxylic acids is 1. The maximum Gasteiger partial charge on any atom is 0.358 e. The third-order valence-electron chi connectivity index (χ3n) is 4.24. The summed E-state index contributed by atoms with van der Waals surface area (Å²) in [4.78, 5) is 12.3. The van der Waals surface area contributed by atoms with Crippen LogP contribution in [0, 0.1) is 17.1 Å². The zero-order chi connectivity index (χ0) is 21.9. The van der Waals surface area contributed by atoms with Crippen molar-refractivity contribution in [1.29, 1.82) is 5.26 Å². The number of methoxy groups -OCH3 is 1. The second kappa shape index (κ2) is 8.34. The zero-order valence-corrected chi connectivity index (χ0v) is 16.9. The Morgan fingerprint density at radius 1 is 1.20 bits per heavy atom. The summed E-state index contributed by atoms with van der Waals surface area (Å²) in [6.07, 6.45) is 0. The summed E-state index contributed by atoms with van der Waals surface area (Å²) in [5.41, 5.74) is 1.26. The number of sulfonamides is 1. The van der Waals surface area contributed by atoms with Gasteiger partial charge in [0.05, 0.1) is 24.5 Å². The Bertz CT molecular complexity index is 1230.